The molecule has 0 unspecified atom stereocenters. The predicted molar refractivity (Wildman–Crippen MR) is 144 cm³/mol. The van der Waals surface area contributed by atoms with E-state index in [1.807, 2.05) is 0 Å². The van der Waals surface area contributed by atoms with Gasteiger partial charge in [0, 0.05) is 0 Å². The Balaban J connectivity index is 1.65. The molecule has 8 aromatic rings. The molecule has 0 atom stereocenters. The van der Waals surface area contributed by atoms with Crippen LogP contribution in [-0.4, -0.2) is 14.2 Å². The van der Waals surface area contributed by atoms with E-state index in [0.29, 0.717) is 0 Å². The second kappa shape index (κ2) is 6.18. The molecule has 0 aliphatic heterocycles. The van der Waals surface area contributed by atoms with E-state index >= 15 is 0 Å². The Morgan fingerprint density at radius 1 is 0.353 bits per heavy atom. The van der Waals surface area contributed by atoms with E-state index in [4.69, 9.17) is 9.47 Å². The van der Waals surface area contributed by atoms with Gasteiger partial charge in [-0.3, -0.25) is 0 Å². The lowest BCUT2D eigenvalue weighted by molar-refractivity contribution is 0.415. The lowest BCUT2D eigenvalue weighted by Gasteiger charge is -2.10. The number of hydrogen-bond acceptors (Lipinski definition) is 2. The van der Waals surface area contributed by atoms with Gasteiger partial charge in [0.2, 0.25) is 0 Å². The van der Waals surface area contributed by atoms with E-state index in [2.05, 4.69) is 84.9 Å². The van der Waals surface area contributed by atoms with E-state index in [1.54, 1.807) is 14.2 Å². The van der Waals surface area contributed by atoms with E-state index < -0.39 is 0 Å². The number of methoxy groups -OCH3 is 2. The zero-order valence-electron chi connectivity index (χ0n) is 18.9. The maximum atomic E-state index is 5.55. The average Bonchev–Trinajstić information content (AvgIpc) is 3.38. The zero-order chi connectivity index (χ0) is 22.6. The van der Waals surface area contributed by atoms with Gasteiger partial charge in [-0.05, 0) is 112 Å². The number of fused-ring (bicyclic) bond motifs is 9. The van der Waals surface area contributed by atoms with Crippen LogP contribution in [0.5, 0.6) is 11.5 Å². The molecule has 0 aliphatic rings. The second-order valence-electron chi connectivity index (χ2n) is 9.22. The summed E-state index contributed by atoms with van der Waals surface area (Å²) in [7, 11) is 3.46. The summed E-state index contributed by atoms with van der Waals surface area (Å²) in [5, 5.41) is 18.2. The second-order valence-corrected chi connectivity index (χ2v) is 9.22. The van der Waals surface area contributed by atoms with Crippen molar-refractivity contribution in [2.24, 2.45) is 0 Å². The summed E-state index contributed by atoms with van der Waals surface area (Å²) in [4.78, 5) is 0. The lowest BCUT2D eigenvalue weighted by atomic mass is 9.93. The molecule has 0 amide bonds. The highest BCUT2D eigenvalue weighted by Gasteiger charge is 2.19. The highest BCUT2D eigenvalue weighted by molar-refractivity contribution is 6.40. The van der Waals surface area contributed by atoms with Gasteiger partial charge in [-0.25, -0.2) is 0 Å². The molecule has 0 heterocycles. The van der Waals surface area contributed by atoms with E-state index in [1.165, 1.54) is 75.4 Å². The molecule has 0 fully saturated rings. The number of benzene rings is 6. The third-order valence-electron chi connectivity index (χ3n) is 7.73. The maximum absolute atomic E-state index is 5.55. The van der Waals surface area contributed by atoms with Gasteiger partial charge < -0.3 is 9.47 Å². The Morgan fingerprint density at radius 3 is 1.12 bits per heavy atom. The van der Waals surface area contributed by atoms with Crippen LogP contribution in [0, 0.1) is 0 Å². The van der Waals surface area contributed by atoms with Crippen molar-refractivity contribution in [2.75, 3.05) is 14.2 Å². The van der Waals surface area contributed by atoms with Gasteiger partial charge in [-0.15, -0.1) is 0 Å². The minimum atomic E-state index is 0.895. The number of rotatable bonds is 2. The van der Waals surface area contributed by atoms with Gasteiger partial charge >= 0.3 is 0 Å². The lowest BCUT2D eigenvalue weighted by Crippen LogP contribution is -1.82. The Morgan fingerprint density at radius 2 is 0.735 bits per heavy atom. The van der Waals surface area contributed by atoms with Crippen molar-refractivity contribution < 1.29 is 9.47 Å². The van der Waals surface area contributed by atoms with Gasteiger partial charge in [-0.2, -0.15) is 0 Å². The van der Waals surface area contributed by atoms with Crippen LogP contribution in [0.2, 0.25) is 0 Å². The van der Waals surface area contributed by atoms with Crippen LogP contribution in [0.25, 0.3) is 75.4 Å². The highest BCUT2D eigenvalue weighted by atomic mass is 16.5. The van der Waals surface area contributed by atoms with Crippen LogP contribution in [0.4, 0.5) is 0 Å². The van der Waals surface area contributed by atoms with Gasteiger partial charge in [-0.1, -0.05) is 48.5 Å². The summed E-state index contributed by atoms with van der Waals surface area (Å²) in [5.41, 5.74) is 0. The largest absolute Gasteiger partial charge is 0.497 e. The van der Waals surface area contributed by atoms with Crippen molar-refractivity contribution in [1.82, 2.24) is 0 Å². The summed E-state index contributed by atoms with van der Waals surface area (Å²) in [6, 6.07) is 31.1. The summed E-state index contributed by atoms with van der Waals surface area (Å²) in [6.07, 6.45) is 0. The molecule has 2 nitrogen and oxygen atoms in total. The first-order chi connectivity index (χ1) is 16.8. The molecule has 160 valence electrons. The molecule has 0 spiro atoms. The zero-order valence-corrected chi connectivity index (χ0v) is 18.9. The molecular weight excluding hydrogens is 416 g/mol. The summed E-state index contributed by atoms with van der Waals surface area (Å²) < 4.78 is 11.1. The normalized spacial score (nSPS) is 12.4. The first-order valence-corrected chi connectivity index (χ1v) is 11.6. The topological polar surface area (TPSA) is 18.5 Å². The Kier molecular flexibility index (Phi) is 3.30. The molecule has 8 aromatic carbocycles. The van der Waals surface area contributed by atoms with Crippen LogP contribution >= 0.6 is 0 Å². The Hall–Kier alpha value is -4.30. The van der Waals surface area contributed by atoms with Gasteiger partial charge in [0.05, 0.1) is 14.2 Å². The summed E-state index contributed by atoms with van der Waals surface area (Å²) >= 11 is 0. The quantitative estimate of drug-likeness (QED) is 0.252. The molecule has 0 saturated carbocycles. The van der Waals surface area contributed by atoms with E-state index in [-0.39, 0.29) is 0 Å². The van der Waals surface area contributed by atoms with Crippen LogP contribution in [-0.2, 0) is 0 Å². The number of ether oxygens (including phenoxy) is 2. The SMILES string of the molecule is COc1ccc2c(c1)c1cccc3c4cc5c6ccc(OC)cc6c6cccc(c4cc2c13)c65. The first kappa shape index (κ1) is 18.2. The first-order valence-electron chi connectivity index (χ1n) is 11.6. The Labute approximate surface area is 195 Å². The minimum absolute atomic E-state index is 0.895. The maximum Gasteiger partial charge on any atom is 0.119 e. The van der Waals surface area contributed by atoms with Crippen molar-refractivity contribution in [3.8, 4) is 11.5 Å². The van der Waals surface area contributed by atoms with Crippen LogP contribution in [0.1, 0.15) is 0 Å². The molecular formula is C32H20O2. The third-order valence-corrected chi connectivity index (χ3v) is 7.73. The fourth-order valence-corrected chi connectivity index (χ4v) is 6.26. The molecule has 0 aliphatic carbocycles. The third kappa shape index (κ3) is 2.07. The molecule has 0 N–H and O–H groups in total. The van der Waals surface area contributed by atoms with Crippen molar-refractivity contribution >= 4 is 75.4 Å². The smallest absolute Gasteiger partial charge is 0.119 e. The summed E-state index contributed by atoms with van der Waals surface area (Å²) in [6.45, 7) is 0. The number of hydrogen-bond donors (Lipinski definition) is 0. The fraction of sp³-hybridized carbons (Fsp3) is 0.0625. The van der Waals surface area contributed by atoms with Crippen molar-refractivity contribution in [3.63, 3.8) is 0 Å². The summed E-state index contributed by atoms with van der Waals surface area (Å²) in [5.74, 6) is 1.79. The van der Waals surface area contributed by atoms with Crippen LogP contribution in [0.3, 0.4) is 0 Å². The molecule has 0 aromatic heterocycles. The molecule has 0 bridgehead atoms. The molecule has 2 heteroatoms. The standard InChI is InChI=1S/C32H20O2/c1-33-17-9-11-19-25(13-17)21-5-3-7-23-28-16-30-20-12-10-18(34-2)14-26(20)22-6-4-8-24(32(22)30)27(28)15-29(19)31(21)23/h3-16H,1-2H3. The monoisotopic (exact) mass is 436 g/mol. The van der Waals surface area contributed by atoms with Crippen LogP contribution in [0.15, 0.2) is 84.9 Å². The highest BCUT2D eigenvalue weighted by Crippen LogP contribution is 2.47. The van der Waals surface area contributed by atoms with Crippen LogP contribution < -0.4 is 9.47 Å². The average molecular weight is 437 g/mol. The Bertz CT molecular complexity index is 1930. The van der Waals surface area contributed by atoms with E-state index in [9.17, 15) is 0 Å². The van der Waals surface area contributed by atoms with Gasteiger partial charge in [0.25, 0.3) is 0 Å². The van der Waals surface area contributed by atoms with Gasteiger partial charge in [0.1, 0.15) is 11.5 Å². The molecule has 0 radical (unpaired) electrons. The predicted octanol–water partition coefficient (Wildman–Crippen LogP) is 8.65. The molecule has 0 saturated heterocycles. The molecule has 34 heavy (non-hydrogen) atoms. The fourth-order valence-electron chi connectivity index (χ4n) is 6.26. The van der Waals surface area contributed by atoms with Crippen molar-refractivity contribution in [1.29, 1.82) is 0 Å². The van der Waals surface area contributed by atoms with E-state index in [0.717, 1.165) is 11.5 Å². The molecule has 8 rings (SSSR count). The minimum Gasteiger partial charge on any atom is -0.497 e. The van der Waals surface area contributed by atoms with Gasteiger partial charge in [0.15, 0.2) is 0 Å². The van der Waals surface area contributed by atoms with Crippen molar-refractivity contribution in [3.05, 3.63) is 84.9 Å². The van der Waals surface area contributed by atoms with Crippen molar-refractivity contribution in [2.45, 2.75) is 0 Å².